The Balaban J connectivity index is 2.78. The van der Waals surface area contributed by atoms with Gasteiger partial charge in [0.1, 0.15) is 5.82 Å². The first-order valence-corrected chi connectivity index (χ1v) is 4.71. The predicted molar refractivity (Wildman–Crippen MR) is 57.2 cm³/mol. The van der Waals surface area contributed by atoms with E-state index in [4.69, 9.17) is 5.73 Å². The average Bonchev–Trinajstić information content (AvgIpc) is 2.22. The van der Waals surface area contributed by atoms with Crippen molar-refractivity contribution in [2.24, 2.45) is 5.73 Å². The van der Waals surface area contributed by atoms with Crippen molar-refractivity contribution in [3.05, 3.63) is 46.5 Å². The van der Waals surface area contributed by atoms with Gasteiger partial charge in [-0.1, -0.05) is 0 Å². The minimum Gasteiger partial charge on any atom is -0.346 e. The molecule has 0 aliphatic rings. The number of pyridine rings is 1. The largest absolute Gasteiger partial charge is 0.346 e. The van der Waals surface area contributed by atoms with Crippen LogP contribution in [0.5, 0.6) is 0 Å². The molecule has 2 rings (SSSR count). The molecule has 0 amide bonds. The smallest absolute Gasteiger partial charge is 0.189 e. The third kappa shape index (κ3) is 1.76. The van der Waals surface area contributed by atoms with Crippen molar-refractivity contribution in [2.45, 2.75) is 6.54 Å². The summed E-state index contributed by atoms with van der Waals surface area (Å²) >= 11 is 0. The lowest BCUT2D eigenvalue weighted by Crippen LogP contribution is -2.13. The highest BCUT2D eigenvalue weighted by molar-refractivity contribution is 5.78. The Morgan fingerprint density at radius 3 is 2.87 bits per heavy atom. The molecule has 1 aromatic heterocycles. The summed E-state index contributed by atoms with van der Waals surface area (Å²) in [4.78, 5) is 11.5. The van der Waals surface area contributed by atoms with Crippen molar-refractivity contribution in [3.8, 4) is 0 Å². The molecular formula is C11H11FN2O. The topological polar surface area (TPSA) is 48.0 Å². The number of benzene rings is 1. The zero-order chi connectivity index (χ0) is 10.8. The molecule has 4 heteroatoms. The van der Waals surface area contributed by atoms with Crippen LogP contribution < -0.4 is 11.2 Å². The Bertz CT molecular complexity index is 548. The van der Waals surface area contributed by atoms with E-state index < -0.39 is 0 Å². The summed E-state index contributed by atoms with van der Waals surface area (Å²) in [6.45, 7) is 1.02. The molecule has 2 aromatic rings. The van der Waals surface area contributed by atoms with Gasteiger partial charge in [-0.15, -0.1) is 0 Å². The van der Waals surface area contributed by atoms with Gasteiger partial charge in [-0.2, -0.15) is 0 Å². The maximum Gasteiger partial charge on any atom is 0.189 e. The molecule has 0 aliphatic heterocycles. The molecule has 0 aliphatic carbocycles. The van der Waals surface area contributed by atoms with Crippen LogP contribution in [0.3, 0.4) is 0 Å². The fourth-order valence-electron chi connectivity index (χ4n) is 1.61. The third-order valence-corrected chi connectivity index (χ3v) is 2.31. The molecule has 0 radical (unpaired) electrons. The first-order chi connectivity index (χ1) is 7.22. The Labute approximate surface area is 85.9 Å². The van der Waals surface area contributed by atoms with Crippen LogP contribution in [-0.2, 0) is 6.54 Å². The van der Waals surface area contributed by atoms with Crippen LogP contribution >= 0.6 is 0 Å². The number of nitrogens with zero attached hydrogens (tertiary/aromatic N) is 1. The maximum atomic E-state index is 13.0. The summed E-state index contributed by atoms with van der Waals surface area (Å²) < 4.78 is 14.8. The van der Waals surface area contributed by atoms with Crippen molar-refractivity contribution in [2.75, 3.05) is 6.54 Å². The van der Waals surface area contributed by atoms with Crippen LogP contribution in [0.4, 0.5) is 4.39 Å². The van der Waals surface area contributed by atoms with Gasteiger partial charge < -0.3 is 10.3 Å². The number of aromatic nitrogens is 1. The van der Waals surface area contributed by atoms with E-state index in [1.54, 1.807) is 10.8 Å². The van der Waals surface area contributed by atoms with Gasteiger partial charge >= 0.3 is 0 Å². The Morgan fingerprint density at radius 2 is 2.13 bits per heavy atom. The van der Waals surface area contributed by atoms with Crippen molar-refractivity contribution in [1.82, 2.24) is 4.57 Å². The van der Waals surface area contributed by atoms with Crippen LogP contribution in [0.1, 0.15) is 0 Å². The van der Waals surface area contributed by atoms with Gasteiger partial charge in [-0.05, 0) is 18.2 Å². The van der Waals surface area contributed by atoms with Gasteiger partial charge in [0.2, 0.25) is 0 Å². The lowest BCUT2D eigenvalue weighted by atomic mass is 10.2. The van der Waals surface area contributed by atoms with Crippen molar-refractivity contribution in [3.63, 3.8) is 0 Å². The summed E-state index contributed by atoms with van der Waals surface area (Å²) in [6, 6.07) is 5.61. The van der Waals surface area contributed by atoms with Gasteiger partial charge in [-0.3, -0.25) is 4.79 Å². The number of hydrogen-bond acceptors (Lipinski definition) is 2. The van der Waals surface area contributed by atoms with E-state index in [2.05, 4.69) is 0 Å². The monoisotopic (exact) mass is 206 g/mol. The summed E-state index contributed by atoms with van der Waals surface area (Å²) in [5.74, 6) is -0.348. The number of hydrogen-bond donors (Lipinski definition) is 1. The fraction of sp³-hybridized carbons (Fsp3) is 0.182. The first-order valence-electron chi connectivity index (χ1n) is 4.71. The molecule has 1 aromatic carbocycles. The molecule has 3 nitrogen and oxygen atoms in total. The molecule has 2 N–H and O–H groups in total. The highest BCUT2D eigenvalue weighted by Gasteiger charge is 2.03. The second kappa shape index (κ2) is 3.82. The molecule has 0 atom stereocenters. The SMILES string of the molecule is NCCn1ccc(=O)c2ccc(F)cc21. The van der Waals surface area contributed by atoms with E-state index in [-0.39, 0.29) is 11.2 Å². The Morgan fingerprint density at radius 1 is 1.33 bits per heavy atom. The minimum atomic E-state index is -0.348. The molecule has 0 unspecified atom stereocenters. The normalized spacial score (nSPS) is 10.8. The van der Waals surface area contributed by atoms with Crippen LogP contribution in [0.25, 0.3) is 10.9 Å². The average molecular weight is 206 g/mol. The molecule has 0 fully saturated rings. The number of fused-ring (bicyclic) bond motifs is 1. The van der Waals surface area contributed by atoms with Gasteiger partial charge in [-0.25, -0.2) is 4.39 Å². The molecule has 0 spiro atoms. The summed E-state index contributed by atoms with van der Waals surface area (Å²) in [6.07, 6.45) is 1.64. The van der Waals surface area contributed by atoms with Crippen molar-refractivity contribution < 1.29 is 4.39 Å². The number of nitrogens with two attached hydrogens (primary N) is 1. The van der Waals surface area contributed by atoms with E-state index in [0.717, 1.165) is 0 Å². The zero-order valence-electron chi connectivity index (χ0n) is 8.11. The highest BCUT2D eigenvalue weighted by Crippen LogP contribution is 2.11. The third-order valence-electron chi connectivity index (χ3n) is 2.31. The van der Waals surface area contributed by atoms with E-state index >= 15 is 0 Å². The maximum absolute atomic E-state index is 13.0. The summed E-state index contributed by atoms with van der Waals surface area (Å²) in [7, 11) is 0. The first kappa shape index (κ1) is 9.86. The molecule has 0 bridgehead atoms. The standard InChI is InChI=1S/C11H11FN2O/c12-8-1-2-9-10(7-8)14(6-4-13)5-3-11(9)15/h1-3,5,7H,4,6,13H2. The Kier molecular flexibility index (Phi) is 2.51. The quantitative estimate of drug-likeness (QED) is 0.799. The van der Waals surface area contributed by atoms with Crippen LogP contribution in [0.15, 0.2) is 35.3 Å². The van der Waals surface area contributed by atoms with Crippen LogP contribution in [0, 0.1) is 5.82 Å². The number of rotatable bonds is 2. The van der Waals surface area contributed by atoms with E-state index in [1.165, 1.54) is 24.3 Å². The predicted octanol–water partition coefficient (Wildman–Crippen LogP) is 1.10. The van der Waals surface area contributed by atoms with Crippen LogP contribution in [0.2, 0.25) is 0 Å². The Hall–Kier alpha value is -1.68. The van der Waals surface area contributed by atoms with Crippen LogP contribution in [-0.4, -0.2) is 11.1 Å². The second-order valence-corrected chi connectivity index (χ2v) is 3.32. The molecule has 0 saturated heterocycles. The highest BCUT2D eigenvalue weighted by atomic mass is 19.1. The van der Waals surface area contributed by atoms with Crippen molar-refractivity contribution in [1.29, 1.82) is 0 Å². The molecule has 1 heterocycles. The van der Waals surface area contributed by atoms with Gasteiger partial charge in [0, 0.05) is 30.7 Å². The van der Waals surface area contributed by atoms with Gasteiger partial charge in [0.25, 0.3) is 0 Å². The van der Waals surface area contributed by atoms with Gasteiger partial charge in [0.05, 0.1) is 5.52 Å². The van der Waals surface area contributed by atoms with Gasteiger partial charge in [0.15, 0.2) is 5.43 Å². The van der Waals surface area contributed by atoms with E-state index in [0.29, 0.717) is 24.0 Å². The lowest BCUT2D eigenvalue weighted by molar-refractivity contribution is 0.627. The molecule has 15 heavy (non-hydrogen) atoms. The van der Waals surface area contributed by atoms with E-state index in [1.807, 2.05) is 0 Å². The van der Waals surface area contributed by atoms with Crippen molar-refractivity contribution >= 4 is 10.9 Å². The summed E-state index contributed by atoms with van der Waals surface area (Å²) in [5.41, 5.74) is 5.93. The fourth-order valence-corrected chi connectivity index (χ4v) is 1.61. The molecular weight excluding hydrogens is 195 g/mol. The van der Waals surface area contributed by atoms with E-state index in [9.17, 15) is 9.18 Å². The number of halogens is 1. The lowest BCUT2D eigenvalue weighted by Gasteiger charge is -2.08. The zero-order valence-corrected chi connectivity index (χ0v) is 8.11. The molecule has 78 valence electrons. The molecule has 0 saturated carbocycles. The minimum absolute atomic E-state index is 0.0988. The second-order valence-electron chi connectivity index (χ2n) is 3.32. The summed E-state index contributed by atoms with van der Waals surface area (Å²) in [5, 5.41) is 0.521.